The molecule has 0 aromatic heterocycles. The Morgan fingerprint density at radius 1 is 1.07 bits per heavy atom. The summed E-state index contributed by atoms with van der Waals surface area (Å²) in [6, 6.07) is 7.43. The Morgan fingerprint density at radius 2 is 1.71 bits per heavy atom. The minimum absolute atomic E-state index is 0.343. The van der Waals surface area contributed by atoms with Crippen LogP contribution in [-0.2, 0) is 6.42 Å². The molecule has 0 atom stereocenters. The first kappa shape index (κ1) is 10.8. The third-order valence-corrected chi connectivity index (χ3v) is 2.16. The number of hydrogen-bond donors (Lipinski definition) is 1. The van der Waals surface area contributed by atoms with E-state index in [4.69, 9.17) is 5.11 Å². The Labute approximate surface area is 86.1 Å². The summed E-state index contributed by atoms with van der Waals surface area (Å²) in [4.78, 5) is 0. The van der Waals surface area contributed by atoms with Gasteiger partial charge in [0.15, 0.2) is 0 Å². The van der Waals surface area contributed by atoms with Crippen LogP contribution in [0.4, 0.5) is 0 Å². The summed E-state index contributed by atoms with van der Waals surface area (Å²) in [7, 11) is 0. The smallest absolute Gasteiger partial charge is 0.115 e. The van der Waals surface area contributed by atoms with Crippen LogP contribution >= 0.6 is 0 Å². The largest absolute Gasteiger partial charge is 0.508 e. The van der Waals surface area contributed by atoms with E-state index >= 15 is 0 Å². The van der Waals surface area contributed by atoms with Crippen LogP contribution in [0.3, 0.4) is 0 Å². The van der Waals surface area contributed by atoms with Crippen molar-refractivity contribution in [3.05, 3.63) is 42.0 Å². The third-order valence-electron chi connectivity index (χ3n) is 2.16. The zero-order valence-electron chi connectivity index (χ0n) is 8.74. The molecule has 0 bridgehead atoms. The molecule has 0 saturated carbocycles. The maximum Gasteiger partial charge on any atom is 0.115 e. The summed E-state index contributed by atoms with van der Waals surface area (Å²) in [5.41, 5.74) is 1.28. The first-order chi connectivity index (χ1) is 6.83. The van der Waals surface area contributed by atoms with E-state index in [2.05, 4.69) is 19.1 Å². The fourth-order valence-corrected chi connectivity index (χ4v) is 1.31. The zero-order valence-corrected chi connectivity index (χ0v) is 8.74. The van der Waals surface area contributed by atoms with Gasteiger partial charge in [0.05, 0.1) is 0 Å². The lowest BCUT2D eigenvalue weighted by Gasteiger charge is -1.98. The molecule has 1 aromatic carbocycles. The van der Waals surface area contributed by atoms with Crippen LogP contribution in [0.15, 0.2) is 36.4 Å². The van der Waals surface area contributed by atoms with Crippen molar-refractivity contribution < 1.29 is 5.11 Å². The van der Waals surface area contributed by atoms with E-state index in [1.165, 1.54) is 18.4 Å². The van der Waals surface area contributed by atoms with Crippen molar-refractivity contribution in [3.63, 3.8) is 0 Å². The predicted molar refractivity (Wildman–Crippen MR) is 60.5 cm³/mol. The molecule has 0 aliphatic heterocycles. The summed E-state index contributed by atoms with van der Waals surface area (Å²) >= 11 is 0. The van der Waals surface area contributed by atoms with E-state index < -0.39 is 0 Å². The molecule has 0 unspecified atom stereocenters. The number of phenols is 1. The van der Waals surface area contributed by atoms with Crippen molar-refractivity contribution in [2.24, 2.45) is 0 Å². The summed E-state index contributed by atoms with van der Waals surface area (Å²) < 4.78 is 0. The van der Waals surface area contributed by atoms with Gasteiger partial charge in [-0.2, -0.15) is 0 Å². The monoisotopic (exact) mass is 190 g/mol. The van der Waals surface area contributed by atoms with Crippen LogP contribution < -0.4 is 0 Å². The highest BCUT2D eigenvalue weighted by atomic mass is 16.3. The quantitative estimate of drug-likeness (QED) is 0.702. The lowest BCUT2D eigenvalue weighted by atomic mass is 10.1. The first-order valence-electron chi connectivity index (χ1n) is 5.26. The lowest BCUT2D eigenvalue weighted by Crippen LogP contribution is -1.81. The van der Waals surface area contributed by atoms with Crippen molar-refractivity contribution in [1.82, 2.24) is 0 Å². The average Bonchev–Trinajstić information content (AvgIpc) is 2.21. The maximum atomic E-state index is 9.08. The number of benzene rings is 1. The van der Waals surface area contributed by atoms with Crippen LogP contribution in [0.2, 0.25) is 0 Å². The second kappa shape index (κ2) is 6.25. The van der Waals surface area contributed by atoms with E-state index in [1.54, 1.807) is 12.1 Å². The van der Waals surface area contributed by atoms with Gasteiger partial charge < -0.3 is 5.11 Å². The van der Waals surface area contributed by atoms with E-state index in [9.17, 15) is 0 Å². The summed E-state index contributed by atoms with van der Waals surface area (Å²) in [6.45, 7) is 2.18. The van der Waals surface area contributed by atoms with Crippen LogP contribution in [0.25, 0.3) is 0 Å². The van der Waals surface area contributed by atoms with E-state index in [-0.39, 0.29) is 0 Å². The van der Waals surface area contributed by atoms with Crippen molar-refractivity contribution in [2.45, 2.75) is 32.6 Å². The molecule has 76 valence electrons. The fourth-order valence-electron chi connectivity index (χ4n) is 1.31. The average molecular weight is 190 g/mol. The van der Waals surface area contributed by atoms with E-state index in [1.807, 2.05) is 12.1 Å². The van der Waals surface area contributed by atoms with Gasteiger partial charge in [0, 0.05) is 0 Å². The van der Waals surface area contributed by atoms with Gasteiger partial charge in [-0.1, -0.05) is 37.6 Å². The standard InChI is InChI=1S/C13H18O/c1-2-3-4-5-6-7-12-8-10-13(14)11-9-12/h4-5,8-11,14H,2-3,6-7H2,1H3. The number of phenolic OH excluding ortho intramolecular Hbond substituents is 1. The molecule has 14 heavy (non-hydrogen) atoms. The van der Waals surface area contributed by atoms with Gasteiger partial charge >= 0.3 is 0 Å². The van der Waals surface area contributed by atoms with Gasteiger partial charge in [0.1, 0.15) is 5.75 Å². The first-order valence-corrected chi connectivity index (χ1v) is 5.26. The van der Waals surface area contributed by atoms with Gasteiger partial charge in [-0.05, 0) is 37.0 Å². The Hall–Kier alpha value is -1.24. The molecule has 0 saturated heterocycles. The van der Waals surface area contributed by atoms with Gasteiger partial charge in [-0.15, -0.1) is 0 Å². The second-order valence-electron chi connectivity index (χ2n) is 3.47. The van der Waals surface area contributed by atoms with Gasteiger partial charge in [0.25, 0.3) is 0 Å². The molecule has 0 spiro atoms. The number of rotatable bonds is 5. The van der Waals surface area contributed by atoms with Gasteiger partial charge in [-0.25, -0.2) is 0 Å². The molecule has 0 aliphatic rings. The molecule has 1 aromatic rings. The molecule has 0 heterocycles. The molecule has 0 radical (unpaired) electrons. The predicted octanol–water partition coefficient (Wildman–Crippen LogP) is 3.68. The number of unbranched alkanes of at least 4 members (excludes halogenated alkanes) is 1. The zero-order chi connectivity index (χ0) is 10.2. The molecule has 0 amide bonds. The topological polar surface area (TPSA) is 20.2 Å². The maximum absolute atomic E-state index is 9.08. The number of aromatic hydroxyl groups is 1. The molecule has 0 aliphatic carbocycles. The fraction of sp³-hybridized carbons (Fsp3) is 0.385. The number of hydrogen-bond acceptors (Lipinski definition) is 1. The molecule has 1 heteroatoms. The SMILES string of the molecule is CCCC=CCCc1ccc(O)cc1. The summed E-state index contributed by atoms with van der Waals surface area (Å²) in [5.74, 6) is 0.343. The van der Waals surface area contributed by atoms with Crippen LogP contribution in [-0.4, -0.2) is 5.11 Å². The Bertz CT molecular complexity index is 272. The lowest BCUT2D eigenvalue weighted by molar-refractivity contribution is 0.475. The van der Waals surface area contributed by atoms with Crippen molar-refractivity contribution in [2.75, 3.05) is 0 Å². The number of allylic oxidation sites excluding steroid dienone is 2. The van der Waals surface area contributed by atoms with Crippen LogP contribution in [0, 0.1) is 0 Å². The van der Waals surface area contributed by atoms with Crippen molar-refractivity contribution in [3.8, 4) is 5.75 Å². The molecule has 1 rings (SSSR count). The Morgan fingerprint density at radius 3 is 2.36 bits per heavy atom. The number of aryl methyl sites for hydroxylation is 1. The summed E-state index contributed by atoms with van der Waals surface area (Å²) in [5, 5.41) is 9.08. The highest BCUT2D eigenvalue weighted by molar-refractivity contribution is 5.26. The highest BCUT2D eigenvalue weighted by Gasteiger charge is 1.91. The Balaban J connectivity index is 2.28. The van der Waals surface area contributed by atoms with Crippen LogP contribution in [0.5, 0.6) is 5.75 Å². The minimum atomic E-state index is 0.343. The summed E-state index contributed by atoms with van der Waals surface area (Å²) in [6.07, 6.45) is 9.01. The minimum Gasteiger partial charge on any atom is -0.508 e. The molecule has 1 N–H and O–H groups in total. The highest BCUT2D eigenvalue weighted by Crippen LogP contribution is 2.11. The van der Waals surface area contributed by atoms with Gasteiger partial charge in [-0.3, -0.25) is 0 Å². The van der Waals surface area contributed by atoms with Crippen LogP contribution in [0.1, 0.15) is 31.7 Å². The molecular weight excluding hydrogens is 172 g/mol. The van der Waals surface area contributed by atoms with Crippen molar-refractivity contribution in [1.29, 1.82) is 0 Å². The molecular formula is C13H18O. The normalized spacial score (nSPS) is 10.9. The third kappa shape index (κ3) is 4.13. The van der Waals surface area contributed by atoms with E-state index in [0.717, 1.165) is 12.8 Å². The van der Waals surface area contributed by atoms with E-state index in [0.29, 0.717) is 5.75 Å². The second-order valence-corrected chi connectivity index (χ2v) is 3.47. The van der Waals surface area contributed by atoms with Gasteiger partial charge in [0.2, 0.25) is 0 Å². The molecule has 0 fully saturated rings. The Kier molecular flexibility index (Phi) is 4.84. The molecule has 1 nitrogen and oxygen atoms in total. The van der Waals surface area contributed by atoms with Crippen molar-refractivity contribution >= 4 is 0 Å².